The molecule has 1 aromatic rings. The van der Waals surface area contributed by atoms with Gasteiger partial charge in [0.25, 0.3) is 0 Å². The van der Waals surface area contributed by atoms with Crippen molar-refractivity contribution in [1.82, 2.24) is 0 Å². The molecular formula is C11H11NO4. The SMILES string of the molecule is COC(=O)/C=C/Nc1ccc2c(c1)OCO2. The number of ether oxygens (including phenoxy) is 3. The first-order chi connectivity index (χ1) is 7.79. The summed E-state index contributed by atoms with van der Waals surface area (Å²) in [6, 6.07) is 5.43. The Kier molecular flexibility index (Phi) is 2.95. The topological polar surface area (TPSA) is 56.8 Å². The monoisotopic (exact) mass is 221 g/mol. The summed E-state index contributed by atoms with van der Waals surface area (Å²) in [4.78, 5) is 10.8. The van der Waals surface area contributed by atoms with Crippen molar-refractivity contribution >= 4 is 11.7 Å². The molecule has 5 heteroatoms. The maximum Gasteiger partial charge on any atom is 0.331 e. The molecule has 0 bridgehead atoms. The largest absolute Gasteiger partial charge is 0.466 e. The molecule has 0 fully saturated rings. The fraction of sp³-hybridized carbons (Fsp3) is 0.182. The van der Waals surface area contributed by atoms with Gasteiger partial charge in [-0.25, -0.2) is 4.79 Å². The number of hydrogen-bond acceptors (Lipinski definition) is 5. The third-order valence-corrected chi connectivity index (χ3v) is 2.04. The smallest absolute Gasteiger partial charge is 0.331 e. The van der Waals surface area contributed by atoms with Crippen LogP contribution in [-0.4, -0.2) is 19.9 Å². The molecule has 16 heavy (non-hydrogen) atoms. The van der Waals surface area contributed by atoms with Gasteiger partial charge in [-0.05, 0) is 12.1 Å². The molecule has 0 unspecified atom stereocenters. The number of fused-ring (bicyclic) bond motifs is 1. The van der Waals surface area contributed by atoms with E-state index in [4.69, 9.17) is 9.47 Å². The summed E-state index contributed by atoms with van der Waals surface area (Å²) in [7, 11) is 1.33. The van der Waals surface area contributed by atoms with Gasteiger partial charge in [0.15, 0.2) is 11.5 Å². The average molecular weight is 221 g/mol. The van der Waals surface area contributed by atoms with Crippen molar-refractivity contribution in [2.45, 2.75) is 0 Å². The lowest BCUT2D eigenvalue weighted by atomic mass is 10.3. The van der Waals surface area contributed by atoms with Crippen molar-refractivity contribution in [3.05, 3.63) is 30.5 Å². The number of carbonyl (C=O) groups is 1. The first-order valence-electron chi connectivity index (χ1n) is 4.70. The van der Waals surface area contributed by atoms with Crippen LogP contribution >= 0.6 is 0 Å². The molecule has 0 saturated heterocycles. The Hall–Kier alpha value is -2.17. The van der Waals surface area contributed by atoms with Crippen molar-refractivity contribution in [1.29, 1.82) is 0 Å². The van der Waals surface area contributed by atoms with Crippen LogP contribution in [0.5, 0.6) is 11.5 Å². The van der Waals surface area contributed by atoms with E-state index >= 15 is 0 Å². The van der Waals surface area contributed by atoms with Crippen molar-refractivity contribution in [3.63, 3.8) is 0 Å². The molecular weight excluding hydrogens is 210 g/mol. The van der Waals surface area contributed by atoms with Gasteiger partial charge < -0.3 is 19.5 Å². The number of methoxy groups -OCH3 is 1. The van der Waals surface area contributed by atoms with Crippen LogP contribution in [0, 0.1) is 0 Å². The highest BCUT2D eigenvalue weighted by molar-refractivity contribution is 5.82. The van der Waals surface area contributed by atoms with Crippen LogP contribution in [0.2, 0.25) is 0 Å². The highest BCUT2D eigenvalue weighted by Gasteiger charge is 2.12. The Morgan fingerprint density at radius 2 is 2.25 bits per heavy atom. The number of benzene rings is 1. The first kappa shape index (κ1) is 10.4. The Morgan fingerprint density at radius 3 is 3.06 bits per heavy atom. The van der Waals surface area contributed by atoms with E-state index in [1.165, 1.54) is 19.4 Å². The lowest BCUT2D eigenvalue weighted by molar-refractivity contribution is -0.134. The minimum absolute atomic E-state index is 0.247. The molecule has 5 nitrogen and oxygen atoms in total. The molecule has 0 spiro atoms. The van der Waals surface area contributed by atoms with Crippen LogP contribution < -0.4 is 14.8 Å². The van der Waals surface area contributed by atoms with Crippen LogP contribution in [0.15, 0.2) is 30.5 Å². The van der Waals surface area contributed by atoms with Gasteiger partial charge in [0, 0.05) is 24.0 Å². The van der Waals surface area contributed by atoms with E-state index in [9.17, 15) is 4.79 Å². The molecule has 1 aromatic carbocycles. The summed E-state index contributed by atoms with van der Waals surface area (Å²) >= 11 is 0. The van der Waals surface area contributed by atoms with E-state index in [1.54, 1.807) is 12.1 Å². The molecule has 1 aliphatic rings. The number of carbonyl (C=O) groups excluding carboxylic acids is 1. The van der Waals surface area contributed by atoms with Gasteiger partial charge >= 0.3 is 5.97 Å². The molecule has 1 aliphatic heterocycles. The highest BCUT2D eigenvalue weighted by atomic mass is 16.7. The van der Waals surface area contributed by atoms with Gasteiger partial charge in [-0.15, -0.1) is 0 Å². The Morgan fingerprint density at radius 1 is 1.44 bits per heavy atom. The standard InChI is InChI=1S/C11H11NO4/c1-14-11(13)4-5-12-8-2-3-9-10(6-8)16-7-15-9/h2-6,12H,7H2,1H3/b5-4+. The van der Waals surface area contributed by atoms with E-state index in [2.05, 4.69) is 10.1 Å². The third-order valence-electron chi connectivity index (χ3n) is 2.04. The van der Waals surface area contributed by atoms with E-state index in [0.717, 1.165) is 11.4 Å². The minimum atomic E-state index is -0.409. The highest BCUT2D eigenvalue weighted by Crippen LogP contribution is 2.34. The molecule has 2 rings (SSSR count). The fourth-order valence-corrected chi connectivity index (χ4v) is 1.26. The number of anilines is 1. The normalized spacial score (nSPS) is 12.8. The van der Waals surface area contributed by atoms with Crippen LogP contribution in [-0.2, 0) is 9.53 Å². The van der Waals surface area contributed by atoms with Gasteiger partial charge in [0.05, 0.1) is 7.11 Å². The van der Waals surface area contributed by atoms with E-state index in [1.807, 2.05) is 6.07 Å². The van der Waals surface area contributed by atoms with Gasteiger partial charge in [-0.3, -0.25) is 0 Å². The number of nitrogens with one attached hydrogen (secondary N) is 1. The third kappa shape index (κ3) is 2.25. The summed E-state index contributed by atoms with van der Waals surface area (Å²) in [5.41, 5.74) is 0.810. The maximum absolute atomic E-state index is 10.8. The molecule has 0 aromatic heterocycles. The zero-order valence-electron chi connectivity index (χ0n) is 8.73. The minimum Gasteiger partial charge on any atom is -0.466 e. The number of esters is 1. The average Bonchev–Trinajstić information content (AvgIpc) is 2.76. The lowest BCUT2D eigenvalue weighted by Gasteiger charge is -2.01. The predicted octanol–water partition coefficient (Wildman–Crippen LogP) is 1.51. The molecule has 0 radical (unpaired) electrons. The maximum atomic E-state index is 10.8. The Bertz CT molecular complexity index is 428. The van der Waals surface area contributed by atoms with Crippen molar-refractivity contribution in [2.24, 2.45) is 0 Å². The second-order valence-electron chi connectivity index (χ2n) is 3.07. The summed E-state index contributed by atoms with van der Waals surface area (Å²) in [6.07, 6.45) is 2.80. The van der Waals surface area contributed by atoms with Crippen molar-refractivity contribution < 1.29 is 19.0 Å². The molecule has 84 valence electrons. The summed E-state index contributed by atoms with van der Waals surface area (Å²) in [5, 5.41) is 2.92. The van der Waals surface area contributed by atoms with E-state index in [0.29, 0.717) is 5.75 Å². The number of rotatable bonds is 3. The second kappa shape index (κ2) is 4.57. The van der Waals surface area contributed by atoms with Crippen LogP contribution in [0.1, 0.15) is 0 Å². The molecule has 1 N–H and O–H groups in total. The molecule has 0 aliphatic carbocycles. The second-order valence-corrected chi connectivity index (χ2v) is 3.07. The Labute approximate surface area is 92.6 Å². The van der Waals surface area contributed by atoms with Gasteiger partial charge in [-0.1, -0.05) is 0 Å². The van der Waals surface area contributed by atoms with Gasteiger partial charge in [0.1, 0.15) is 0 Å². The summed E-state index contributed by atoms with van der Waals surface area (Å²) in [5.74, 6) is 1.01. The van der Waals surface area contributed by atoms with E-state index in [-0.39, 0.29) is 6.79 Å². The van der Waals surface area contributed by atoms with Crippen molar-refractivity contribution in [3.8, 4) is 11.5 Å². The van der Waals surface area contributed by atoms with Gasteiger partial charge in [-0.2, -0.15) is 0 Å². The predicted molar refractivity (Wildman–Crippen MR) is 57.3 cm³/mol. The zero-order valence-corrected chi connectivity index (χ0v) is 8.73. The van der Waals surface area contributed by atoms with E-state index < -0.39 is 5.97 Å². The Balaban J connectivity index is 2.00. The molecule has 1 heterocycles. The molecule has 0 amide bonds. The fourth-order valence-electron chi connectivity index (χ4n) is 1.26. The van der Waals surface area contributed by atoms with Gasteiger partial charge in [0.2, 0.25) is 6.79 Å². The van der Waals surface area contributed by atoms with Crippen LogP contribution in [0.25, 0.3) is 0 Å². The lowest BCUT2D eigenvalue weighted by Crippen LogP contribution is -1.96. The number of hydrogen-bond donors (Lipinski definition) is 1. The zero-order chi connectivity index (χ0) is 11.4. The van der Waals surface area contributed by atoms with Crippen LogP contribution in [0.4, 0.5) is 5.69 Å². The molecule has 0 atom stereocenters. The quantitative estimate of drug-likeness (QED) is 0.619. The first-order valence-corrected chi connectivity index (χ1v) is 4.70. The molecule has 0 saturated carbocycles. The van der Waals surface area contributed by atoms with Crippen molar-refractivity contribution in [2.75, 3.05) is 19.2 Å². The summed E-state index contributed by atoms with van der Waals surface area (Å²) < 4.78 is 14.8. The van der Waals surface area contributed by atoms with Crippen LogP contribution in [0.3, 0.4) is 0 Å². The summed E-state index contributed by atoms with van der Waals surface area (Å²) in [6.45, 7) is 0.247.